The van der Waals surface area contributed by atoms with E-state index in [0.717, 1.165) is 35.9 Å². The number of anilines is 1. The van der Waals surface area contributed by atoms with Crippen LogP contribution in [0.3, 0.4) is 0 Å². The van der Waals surface area contributed by atoms with Gasteiger partial charge in [-0.2, -0.15) is 0 Å². The summed E-state index contributed by atoms with van der Waals surface area (Å²) in [7, 11) is 0. The monoisotopic (exact) mass is 285 g/mol. The average Bonchev–Trinajstić information content (AvgIpc) is 2.99. The van der Waals surface area contributed by atoms with Gasteiger partial charge in [-0.15, -0.1) is 0 Å². The molecule has 0 saturated heterocycles. The summed E-state index contributed by atoms with van der Waals surface area (Å²) in [6.45, 7) is 4.39. The Kier molecular flexibility index (Phi) is 4.26. The highest BCUT2D eigenvalue weighted by Gasteiger charge is 2.13. The number of fused-ring (bicyclic) bond motifs is 1. The van der Waals surface area contributed by atoms with Gasteiger partial charge in [0.05, 0.1) is 6.61 Å². The summed E-state index contributed by atoms with van der Waals surface area (Å²) >= 11 is 0. The predicted octanol–water partition coefficient (Wildman–Crippen LogP) is 3.56. The number of hydrogen-bond donors (Lipinski definition) is 1. The van der Waals surface area contributed by atoms with Crippen molar-refractivity contribution in [1.29, 1.82) is 0 Å². The van der Waals surface area contributed by atoms with Crippen molar-refractivity contribution in [3.8, 4) is 11.5 Å². The van der Waals surface area contributed by atoms with Crippen molar-refractivity contribution in [2.75, 3.05) is 18.7 Å². The summed E-state index contributed by atoms with van der Waals surface area (Å²) in [5.74, 6) is 1.63. The number of ether oxygens (including phenoxy) is 3. The molecule has 1 aliphatic heterocycles. The number of benzene rings is 2. The molecule has 0 spiro atoms. The fourth-order valence-electron chi connectivity index (χ4n) is 2.28. The molecule has 3 rings (SSSR count). The Morgan fingerprint density at radius 1 is 1.10 bits per heavy atom. The zero-order valence-electron chi connectivity index (χ0n) is 12.1. The smallest absolute Gasteiger partial charge is 0.231 e. The molecule has 0 unspecified atom stereocenters. The standard InChI is InChI=1S/C17H19NO3/c1-2-19-11-14-5-3-4-6-15(14)18-10-13-7-8-16-17(9-13)21-12-20-16/h3-9,18H,2,10-12H2,1H3. The normalized spacial score (nSPS) is 12.4. The fourth-order valence-corrected chi connectivity index (χ4v) is 2.28. The highest BCUT2D eigenvalue weighted by atomic mass is 16.7. The first-order valence-electron chi connectivity index (χ1n) is 7.15. The van der Waals surface area contributed by atoms with Crippen LogP contribution in [0.2, 0.25) is 0 Å². The second-order valence-electron chi connectivity index (χ2n) is 4.84. The van der Waals surface area contributed by atoms with Gasteiger partial charge >= 0.3 is 0 Å². The number of rotatable bonds is 6. The molecule has 4 heteroatoms. The van der Waals surface area contributed by atoms with Gasteiger partial charge < -0.3 is 19.5 Å². The first-order valence-corrected chi connectivity index (χ1v) is 7.15. The van der Waals surface area contributed by atoms with E-state index in [-0.39, 0.29) is 0 Å². The molecule has 1 N–H and O–H groups in total. The zero-order valence-corrected chi connectivity index (χ0v) is 12.1. The Morgan fingerprint density at radius 2 is 1.95 bits per heavy atom. The number of para-hydroxylation sites is 1. The maximum Gasteiger partial charge on any atom is 0.231 e. The maximum absolute atomic E-state index is 5.50. The van der Waals surface area contributed by atoms with Crippen molar-refractivity contribution in [2.24, 2.45) is 0 Å². The van der Waals surface area contributed by atoms with Crippen LogP contribution in [0.25, 0.3) is 0 Å². The molecule has 2 aromatic rings. The maximum atomic E-state index is 5.50. The van der Waals surface area contributed by atoms with E-state index in [1.807, 2.05) is 37.3 Å². The molecule has 110 valence electrons. The van der Waals surface area contributed by atoms with E-state index in [9.17, 15) is 0 Å². The molecule has 0 radical (unpaired) electrons. The fraction of sp³-hybridized carbons (Fsp3) is 0.294. The lowest BCUT2D eigenvalue weighted by Crippen LogP contribution is -2.03. The number of hydrogen-bond acceptors (Lipinski definition) is 4. The molecule has 0 aromatic heterocycles. The van der Waals surface area contributed by atoms with Crippen molar-refractivity contribution < 1.29 is 14.2 Å². The van der Waals surface area contributed by atoms with E-state index < -0.39 is 0 Å². The number of nitrogens with one attached hydrogen (secondary N) is 1. The van der Waals surface area contributed by atoms with Crippen LogP contribution in [-0.4, -0.2) is 13.4 Å². The van der Waals surface area contributed by atoms with Crippen LogP contribution in [0, 0.1) is 0 Å². The van der Waals surface area contributed by atoms with Gasteiger partial charge in [0.25, 0.3) is 0 Å². The van der Waals surface area contributed by atoms with E-state index >= 15 is 0 Å². The van der Waals surface area contributed by atoms with E-state index in [2.05, 4.69) is 17.4 Å². The van der Waals surface area contributed by atoms with Crippen LogP contribution in [0.1, 0.15) is 18.1 Å². The lowest BCUT2D eigenvalue weighted by atomic mass is 10.1. The molecule has 0 saturated carbocycles. The van der Waals surface area contributed by atoms with Gasteiger partial charge in [0.2, 0.25) is 6.79 Å². The lowest BCUT2D eigenvalue weighted by molar-refractivity contribution is 0.134. The Bertz CT molecular complexity index is 613. The van der Waals surface area contributed by atoms with Crippen molar-refractivity contribution in [3.63, 3.8) is 0 Å². The molecule has 0 amide bonds. The van der Waals surface area contributed by atoms with E-state index in [1.165, 1.54) is 5.56 Å². The molecule has 0 atom stereocenters. The first-order chi connectivity index (χ1) is 10.4. The quantitative estimate of drug-likeness (QED) is 0.881. The van der Waals surface area contributed by atoms with Gasteiger partial charge in [-0.3, -0.25) is 0 Å². The third-order valence-electron chi connectivity index (χ3n) is 3.40. The minimum Gasteiger partial charge on any atom is -0.454 e. The molecule has 1 aliphatic rings. The van der Waals surface area contributed by atoms with E-state index in [4.69, 9.17) is 14.2 Å². The van der Waals surface area contributed by atoms with Crippen molar-refractivity contribution in [1.82, 2.24) is 0 Å². The zero-order chi connectivity index (χ0) is 14.5. The lowest BCUT2D eigenvalue weighted by Gasteiger charge is -2.12. The molecule has 0 bridgehead atoms. The van der Waals surface area contributed by atoms with Crippen LogP contribution < -0.4 is 14.8 Å². The van der Waals surface area contributed by atoms with Crippen molar-refractivity contribution >= 4 is 5.69 Å². The highest BCUT2D eigenvalue weighted by molar-refractivity contribution is 5.52. The molecule has 0 fully saturated rings. The summed E-state index contributed by atoms with van der Waals surface area (Å²) in [4.78, 5) is 0. The molecule has 0 aliphatic carbocycles. The van der Waals surface area contributed by atoms with Gasteiger partial charge in [-0.05, 0) is 30.7 Å². The average molecular weight is 285 g/mol. The van der Waals surface area contributed by atoms with Gasteiger partial charge in [0, 0.05) is 24.4 Å². The molecule has 2 aromatic carbocycles. The highest BCUT2D eigenvalue weighted by Crippen LogP contribution is 2.32. The van der Waals surface area contributed by atoms with Gasteiger partial charge in [-0.1, -0.05) is 24.3 Å². The first kappa shape index (κ1) is 13.8. The second kappa shape index (κ2) is 6.50. The SMILES string of the molecule is CCOCc1ccccc1NCc1ccc2c(c1)OCO2. The van der Waals surface area contributed by atoms with Gasteiger partial charge in [-0.25, -0.2) is 0 Å². The van der Waals surface area contributed by atoms with E-state index in [1.54, 1.807) is 0 Å². The van der Waals surface area contributed by atoms with Gasteiger partial charge in [0.1, 0.15) is 0 Å². The van der Waals surface area contributed by atoms with Crippen molar-refractivity contribution in [2.45, 2.75) is 20.1 Å². The van der Waals surface area contributed by atoms with Gasteiger partial charge in [0.15, 0.2) is 11.5 Å². The molecule has 1 heterocycles. The van der Waals surface area contributed by atoms with Crippen LogP contribution in [0.15, 0.2) is 42.5 Å². The Balaban J connectivity index is 1.67. The van der Waals surface area contributed by atoms with Crippen molar-refractivity contribution in [3.05, 3.63) is 53.6 Å². The third kappa shape index (κ3) is 3.28. The summed E-state index contributed by atoms with van der Waals surface area (Å²) in [6, 6.07) is 14.2. The van der Waals surface area contributed by atoms with Crippen LogP contribution in [-0.2, 0) is 17.9 Å². The summed E-state index contributed by atoms with van der Waals surface area (Å²) in [5.41, 5.74) is 3.43. The minimum atomic E-state index is 0.309. The molecular formula is C17H19NO3. The largest absolute Gasteiger partial charge is 0.454 e. The third-order valence-corrected chi connectivity index (χ3v) is 3.40. The van der Waals surface area contributed by atoms with Crippen LogP contribution in [0.4, 0.5) is 5.69 Å². The summed E-state index contributed by atoms with van der Waals surface area (Å²) in [5, 5.41) is 3.45. The molecule has 21 heavy (non-hydrogen) atoms. The Morgan fingerprint density at radius 3 is 2.86 bits per heavy atom. The van der Waals surface area contributed by atoms with Crippen LogP contribution in [0.5, 0.6) is 11.5 Å². The Labute approximate surface area is 124 Å². The van der Waals surface area contributed by atoms with E-state index in [0.29, 0.717) is 13.4 Å². The molecular weight excluding hydrogens is 266 g/mol. The summed E-state index contributed by atoms with van der Waals surface area (Å²) in [6.07, 6.45) is 0. The topological polar surface area (TPSA) is 39.7 Å². The minimum absolute atomic E-state index is 0.309. The van der Waals surface area contributed by atoms with Crippen LogP contribution >= 0.6 is 0 Å². The second-order valence-corrected chi connectivity index (χ2v) is 4.84. The molecule has 4 nitrogen and oxygen atoms in total. The Hall–Kier alpha value is -2.20. The summed E-state index contributed by atoms with van der Waals surface area (Å²) < 4.78 is 16.2. The predicted molar refractivity (Wildman–Crippen MR) is 81.7 cm³/mol.